The summed E-state index contributed by atoms with van der Waals surface area (Å²) < 4.78 is 5.24. The van der Waals surface area contributed by atoms with Gasteiger partial charge in [-0.3, -0.25) is 0 Å². The van der Waals surface area contributed by atoms with Gasteiger partial charge in [0.2, 0.25) is 0 Å². The molecule has 1 fully saturated rings. The fourth-order valence-electron chi connectivity index (χ4n) is 2.50. The van der Waals surface area contributed by atoms with Crippen molar-refractivity contribution >= 4 is 6.09 Å². The number of aliphatic hydroxyl groups is 1. The Kier molecular flexibility index (Phi) is 5.21. The lowest BCUT2D eigenvalue weighted by Gasteiger charge is -2.38. The molecule has 1 amide bonds. The van der Waals surface area contributed by atoms with Crippen LogP contribution in [0, 0.1) is 5.92 Å². The lowest BCUT2D eigenvalue weighted by molar-refractivity contribution is 0.0472. The molecule has 0 aliphatic heterocycles. The van der Waals surface area contributed by atoms with Gasteiger partial charge in [0.25, 0.3) is 0 Å². The van der Waals surface area contributed by atoms with E-state index in [1.54, 1.807) is 0 Å². The Hall–Kier alpha value is -0.810. The van der Waals surface area contributed by atoms with Gasteiger partial charge in [-0.2, -0.15) is 0 Å². The van der Waals surface area contributed by atoms with E-state index in [9.17, 15) is 9.90 Å². The zero-order valence-electron chi connectivity index (χ0n) is 12.5. The van der Waals surface area contributed by atoms with Crippen molar-refractivity contribution in [1.82, 2.24) is 5.32 Å². The van der Waals surface area contributed by atoms with Gasteiger partial charge in [0.1, 0.15) is 5.60 Å². The molecule has 19 heavy (non-hydrogen) atoms. The van der Waals surface area contributed by atoms with Crippen LogP contribution in [0.25, 0.3) is 0 Å². The molecule has 0 aromatic rings. The third kappa shape index (κ3) is 5.37. The Bertz CT molecular complexity index is 302. The van der Waals surface area contributed by atoms with Gasteiger partial charge in [0.15, 0.2) is 0 Å². The highest BCUT2D eigenvalue weighted by Crippen LogP contribution is 2.31. The van der Waals surface area contributed by atoms with Crippen LogP contribution >= 0.6 is 0 Å². The highest BCUT2D eigenvalue weighted by Gasteiger charge is 2.33. The molecule has 5 nitrogen and oxygen atoms in total. The molecule has 1 atom stereocenters. The van der Waals surface area contributed by atoms with E-state index in [2.05, 4.69) is 5.32 Å². The molecule has 4 N–H and O–H groups in total. The van der Waals surface area contributed by atoms with Crippen molar-refractivity contribution in [2.75, 3.05) is 6.61 Å². The maximum absolute atomic E-state index is 11.7. The Balaban J connectivity index is 2.37. The molecular weight excluding hydrogens is 244 g/mol. The van der Waals surface area contributed by atoms with Crippen LogP contribution in [0.1, 0.15) is 53.4 Å². The monoisotopic (exact) mass is 272 g/mol. The quantitative estimate of drug-likeness (QED) is 0.731. The largest absolute Gasteiger partial charge is 0.444 e. The van der Waals surface area contributed by atoms with Crippen LogP contribution in [0.2, 0.25) is 0 Å². The topological polar surface area (TPSA) is 84.6 Å². The van der Waals surface area contributed by atoms with Crippen LogP contribution in [0.5, 0.6) is 0 Å². The minimum absolute atomic E-state index is 0.00181. The fraction of sp³-hybridized carbons (Fsp3) is 0.929. The highest BCUT2D eigenvalue weighted by atomic mass is 16.6. The summed E-state index contributed by atoms with van der Waals surface area (Å²) in [6.45, 7) is 7.45. The first kappa shape index (κ1) is 16.2. The number of ether oxygens (including phenoxy) is 1. The van der Waals surface area contributed by atoms with Gasteiger partial charge in [-0.15, -0.1) is 0 Å². The number of nitrogens with one attached hydrogen (secondary N) is 1. The fourth-order valence-corrected chi connectivity index (χ4v) is 2.50. The first-order valence-electron chi connectivity index (χ1n) is 7.03. The van der Waals surface area contributed by atoms with Crippen molar-refractivity contribution in [2.24, 2.45) is 11.7 Å². The number of carbonyl (C=O) groups is 1. The molecule has 5 heteroatoms. The van der Waals surface area contributed by atoms with Gasteiger partial charge in [-0.25, -0.2) is 4.79 Å². The van der Waals surface area contributed by atoms with E-state index in [-0.39, 0.29) is 18.7 Å². The van der Waals surface area contributed by atoms with Crippen molar-refractivity contribution in [3.05, 3.63) is 0 Å². The Labute approximate surface area is 115 Å². The smallest absolute Gasteiger partial charge is 0.407 e. The van der Waals surface area contributed by atoms with Gasteiger partial charge < -0.3 is 20.9 Å². The molecule has 1 aliphatic rings. The summed E-state index contributed by atoms with van der Waals surface area (Å²) in [4.78, 5) is 11.7. The lowest BCUT2D eigenvalue weighted by Crippen LogP contribution is -2.50. The number of nitrogens with two attached hydrogens (primary N) is 1. The summed E-state index contributed by atoms with van der Waals surface area (Å²) in [6.07, 6.45) is 3.27. The van der Waals surface area contributed by atoms with Crippen molar-refractivity contribution < 1.29 is 14.6 Å². The summed E-state index contributed by atoms with van der Waals surface area (Å²) in [6, 6.07) is 0.153. The zero-order chi connectivity index (χ0) is 14.7. The van der Waals surface area contributed by atoms with Crippen molar-refractivity contribution in [2.45, 2.75) is 70.6 Å². The van der Waals surface area contributed by atoms with E-state index in [0.29, 0.717) is 5.92 Å². The number of carbonyl (C=O) groups excluding carboxylic acids is 1. The molecule has 0 radical (unpaired) electrons. The van der Waals surface area contributed by atoms with E-state index in [0.717, 1.165) is 25.7 Å². The molecule has 1 unspecified atom stereocenters. The number of rotatable bonds is 3. The van der Waals surface area contributed by atoms with Gasteiger partial charge >= 0.3 is 6.09 Å². The maximum Gasteiger partial charge on any atom is 0.407 e. The number of alkyl carbamates (subject to hydrolysis) is 1. The standard InChI is InChI=1S/C14H28N2O3/c1-13(2,3)19-12(18)16-11-7-5-10(6-8-11)14(4,15)9-17/h10-11,17H,5-9,15H2,1-4H3,(H,16,18). The molecule has 0 bridgehead atoms. The molecule has 0 aromatic heterocycles. The van der Waals surface area contributed by atoms with E-state index < -0.39 is 11.1 Å². The average Bonchev–Trinajstić information content (AvgIpc) is 2.27. The Morgan fingerprint density at radius 3 is 2.21 bits per heavy atom. The third-order valence-electron chi connectivity index (χ3n) is 3.72. The minimum atomic E-state index is -0.517. The average molecular weight is 272 g/mol. The number of hydrogen-bond donors (Lipinski definition) is 3. The predicted molar refractivity (Wildman–Crippen MR) is 74.8 cm³/mol. The lowest BCUT2D eigenvalue weighted by atomic mass is 9.75. The Morgan fingerprint density at radius 1 is 1.26 bits per heavy atom. The van der Waals surface area contributed by atoms with Crippen molar-refractivity contribution in [3.8, 4) is 0 Å². The second kappa shape index (κ2) is 6.09. The summed E-state index contributed by atoms with van der Waals surface area (Å²) in [7, 11) is 0. The highest BCUT2D eigenvalue weighted by molar-refractivity contribution is 5.68. The first-order valence-corrected chi connectivity index (χ1v) is 7.03. The molecule has 0 saturated heterocycles. The Morgan fingerprint density at radius 2 is 1.79 bits per heavy atom. The summed E-state index contributed by atoms with van der Waals surface area (Å²) in [5.74, 6) is 0.314. The van der Waals surface area contributed by atoms with E-state index in [4.69, 9.17) is 10.5 Å². The SMILES string of the molecule is CC(C)(C)OC(=O)NC1CCC(C(C)(N)CO)CC1. The maximum atomic E-state index is 11.7. The van der Waals surface area contributed by atoms with Crippen LogP contribution in [0.3, 0.4) is 0 Å². The number of aliphatic hydroxyl groups excluding tert-OH is 1. The van der Waals surface area contributed by atoms with Crippen molar-refractivity contribution in [1.29, 1.82) is 0 Å². The van der Waals surface area contributed by atoms with Crippen LogP contribution in [0.4, 0.5) is 4.79 Å². The van der Waals surface area contributed by atoms with Crippen molar-refractivity contribution in [3.63, 3.8) is 0 Å². The van der Waals surface area contributed by atoms with Crippen LogP contribution in [0.15, 0.2) is 0 Å². The van der Waals surface area contributed by atoms with Gasteiger partial charge in [0.05, 0.1) is 6.61 Å². The second-order valence-corrected chi connectivity index (χ2v) is 6.86. The first-order chi connectivity index (χ1) is 8.64. The molecule has 0 spiro atoms. The predicted octanol–water partition coefficient (Wildman–Crippen LogP) is 1.78. The van der Waals surface area contributed by atoms with E-state index in [1.807, 2.05) is 27.7 Å². The summed E-state index contributed by atoms with van der Waals surface area (Å²) >= 11 is 0. The second-order valence-electron chi connectivity index (χ2n) is 6.86. The zero-order valence-corrected chi connectivity index (χ0v) is 12.5. The molecule has 1 saturated carbocycles. The van der Waals surface area contributed by atoms with Crippen LogP contribution < -0.4 is 11.1 Å². The molecule has 112 valence electrons. The molecular formula is C14H28N2O3. The van der Waals surface area contributed by atoms with Gasteiger partial charge in [0, 0.05) is 11.6 Å². The molecule has 0 aromatic carbocycles. The summed E-state index contributed by atoms with van der Waals surface area (Å²) in [5.41, 5.74) is 5.08. The van der Waals surface area contributed by atoms with Gasteiger partial charge in [-0.05, 0) is 59.3 Å². The van der Waals surface area contributed by atoms with E-state index in [1.165, 1.54) is 0 Å². The minimum Gasteiger partial charge on any atom is -0.444 e. The van der Waals surface area contributed by atoms with E-state index >= 15 is 0 Å². The van der Waals surface area contributed by atoms with Crippen LogP contribution in [-0.4, -0.2) is 35.0 Å². The number of amides is 1. The summed E-state index contributed by atoms with van der Waals surface area (Å²) in [5, 5.41) is 12.2. The molecule has 1 aliphatic carbocycles. The van der Waals surface area contributed by atoms with Crippen LogP contribution in [-0.2, 0) is 4.74 Å². The third-order valence-corrected chi connectivity index (χ3v) is 3.72. The van der Waals surface area contributed by atoms with Gasteiger partial charge in [-0.1, -0.05) is 0 Å². The number of hydrogen-bond acceptors (Lipinski definition) is 4. The molecule has 0 heterocycles. The molecule has 1 rings (SSSR count). The normalized spacial score (nSPS) is 27.5.